The van der Waals surface area contributed by atoms with Gasteiger partial charge in [-0.25, -0.2) is 8.78 Å². The largest absolute Gasteiger partial charge is 0.352 e. The van der Waals surface area contributed by atoms with Crippen molar-refractivity contribution in [2.24, 2.45) is 0 Å². The first-order valence-electron chi connectivity index (χ1n) is 8.84. The molecular weight excluding hydrogens is 388 g/mol. The third-order valence-electron chi connectivity index (χ3n) is 4.43. The van der Waals surface area contributed by atoms with Crippen LogP contribution in [0, 0.1) is 11.6 Å². The number of benzene rings is 2. The van der Waals surface area contributed by atoms with Gasteiger partial charge in [-0.05, 0) is 35.2 Å². The Morgan fingerprint density at radius 2 is 1.79 bits per heavy atom. The van der Waals surface area contributed by atoms with E-state index < -0.39 is 17.5 Å². The van der Waals surface area contributed by atoms with E-state index in [1.54, 1.807) is 0 Å². The molecule has 0 atom stereocenters. The summed E-state index contributed by atoms with van der Waals surface area (Å²) in [6.07, 6.45) is 0.674. The highest BCUT2D eigenvalue weighted by Crippen LogP contribution is 2.17. The SMILES string of the molecule is Cl.O=C(CCCNC(=O)c1ccc(F)cc1F)NCc1ccc2c(c1)CNC2. The Hall–Kier alpha value is -2.51. The fourth-order valence-corrected chi connectivity index (χ4v) is 2.97. The molecule has 8 heteroatoms. The second-order valence-corrected chi connectivity index (χ2v) is 6.47. The van der Waals surface area contributed by atoms with Gasteiger partial charge in [-0.15, -0.1) is 12.4 Å². The van der Waals surface area contributed by atoms with E-state index in [1.807, 2.05) is 6.07 Å². The van der Waals surface area contributed by atoms with Crippen molar-refractivity contribution in [2.45, 2.75) is 32.5 Å². The Kier molecular flexibility index (Phi) is 7.90. The van der Waals surface area contributed by atoms with Crippen LogP contribution in [0.3, 0.4) is 0 Å². The normalized spacial score (nSPS) is 12.1. The molecule has 0 saturated heterocycles. The average Bonchev–Trinajstić information content (AvgIpc) is 3.11. The van der Waals surface area contributed by atoms with Gasteiger partial charge in [-0.3, -0.25) is 9.59 Å². The second kappa shape index (κ2) is 10.1. The van der Waals surface area contributed by atoms with Crippen molar-refractivity contribution in [1.29, 1.82) is 0 Å². The number of fused-ring (bicyclic) bond motifs is 1. The number of carbonyl (C=O) groups is 2. The molecule has 0 unspecified atom stereocenters. The van der Waals surface area contributed by atoms with Crippen LogP contribution in [0.15, 0.2) is 36.4 Å². The van der Waals surface area contributed by atoms with E-state index in [9.17, 15) is 18.4 Å². The summed E-state index contributed by atoms with van der Waals surface area (Å²) >= 11 is 0. The molecule has 1 aliphatic rings. The summed E-state index contributed by atoms with van der Waals surface area (Å²) in [4.78, 5) is 23.8. The topological polar surface area (TPSA) is 70.2 Å². The molecule has 0 aromatic heterocycles. The zero-order valence-corrected chi connectivity index (χ0v) is 16.0. The number of nitrogens with one attached hydrogen (secondary N) is 3. The third-order valence-corrected chi connectivity index (χ3v) is 4.43. The zero-order chi connectivity index (χ0) is 19.2. The standard InChI is InChI=1S/C20H21F2N3O2.ClH/c21-16-5-6-17(18(22)9-16)20(27)24-7-1-2-19(26)25-10-13-3-4-14-11-23-12-15(14)8-13;/h3-6,8-9,23H,1-2,7,10-12H2,(H,24,27)(H,25,26);1H. The lowest BCUT2D eigenvalue weighted by atomic mass is 10.1. The van der Waals surface area contributed by atoms with Gasteiger partial charge in [0, 0.05) is 38.7 Å². The van der Waals surface area contributed by atoms with Gasteiger partial charge in [-0.2, -0.15) is 0 Å². The van der Waals surface area contributed by atoms with Crippen molar-refractivity contribution in [3.63, 3.8) is 0 Å². The smallest absolute Gasteiger partial charge is 0.254 e. The summed E-state index contributed by atoms with van der Waals surface area (Å²) in [5.41, 5.74) is 3.38. The Labute approximate surface area is 168 Å². The summed E-state index contributed by atoms with van der Waals surface area (Å²) in [6.45, 7) is 2.42. The molecule has 0 saturated carbocycles. The number of hydrogen-bond donors (Lipinski definition) is 3. The minimum atomic E-state index is -0.908. The van der Waals surface area contributed by atoms with Crippen molar-refractivity contribution in [3.8, 4) is 0 Å². The molecule has 0 radical (unpaired) electrons. The number of halogens is 3. The van der Waals surface area contributed by atoms with E-state index in [2.05, 4.69) is 28.1 Å². The maximum atomic E-state index is 13.5. The molecule has 28 heavy (non-hydrogen) atoms. The lowest BCUT2D eigenvalue weighted by Crippen LogP contribution is -2.28. The molecule has 3 N–H and O–H groups in total. The summed E-state index contributed by atoms with van der Waals surface area (Å²) < 4.78 is 26.4. The van der Waals surface area contributed by atoms with E-state index in [0.29, 0.717) is 19.0 Å². The van der Waals surface area contributed by atoms with Crippen LogP contribution >= 0.6 is 12.4 Å². The molecule has 3 rings (SSSR count). The lowest BCUT2D eigenvalue weighted by molar-refractivity contribution is -0.121. The molecule has 0 bridgehead atoms. The number of carbonyl (C=O) groups excluding carboxylic acids is 2. The molecule has 150 valence electrons. The zero-order valence-electron chi connectivity index (χ0n) is 15.2. The van der Waals surface area contributed by atoms with E-state index in [1.165, 1.54) is 11.1 Å². The van der Waals surface area contributed by atoms with Crippen LogP contribution in [0.25, 0.3) is 0 Å². The lowest BCUT2D eigenvalue weighted by Gasteiger charge is -2.08. The predicted molar refractivity (Wildman–Crippen MR) is 104 cm³/mol. The molecule has 5 nitrogen and oxygen atoms in total. The Morgan fingerprint density at radius 1 is 1.00 bits per heavy atom. The van der Waals surface area contributed by atoms with Crippen LogP contribution < -0.4 is 16.0 Å². The number of amides is 2. The van der Waals surface area contributed by atoms with Gasteiger partial charge in [0.15, 0.2) is 0 Å². The summed E-state index contributed by atoms with van der Waals surface area (Å²) in [7, 11) is 0. The number of hydrogen-bond acceptors (Lipinski definition) is 3. The fraction of sp³-hybridized carbons (Fsp3) is 0.300. The van der Waals surface area contributed by atoms with Crippen molar-refractivity contribution in [1.82, 2.24) is 16.0 Å². The van der Waals surface area contributed by atoms with Crippen LogP contribution in [-0.2, 0) is 24.4 Å². The molecule has 1 heterocycles. The van der Waals surface area contributed by atoms with Crippen LogP contribution in [0.4, 0.5) is 8.78 Å². The summed E-state index contributed by atoms with van der Waals surface area (Å²) in [5.74, 6) is -2.38. The highest BCUT2D eigenvalue weighted by atomic mass is 35.5. The fourth-order valence-electron chi connectivity index (χ4n) is 2.97. The number of rotatable bonds is 7. The van der Waals surface area contributed by atoms with Crippen LogP contribution in [0.2, 0.25) is 0 Å². The van der Waals surface area contributed by atoms with Crippen molar-refractivity contribution in [3.05, 3.63) is 70.3 Å². The first-order valence-corrected chi connectivity index (χ1v) is 8.84. The maximum Gasteiger partial charge on any atom is 0.254 e. The van der Waals surface area contributed by atoms with Gasteiger partial charge >= 0.3 is 0 Å². The van der Waals surface area contributed by atoms with Gasteiger partial charge < -0.3 is 16.0 Å². The minimum absolute atomic E-state index is 0. The van der Waals surface area contributed by atoms with Crippen molar-refractivity contribution >= 4 is 24.2 Å². The monoisotopic (exact) mass is 409 g/mol. The Morgan fingerprint density at radius 3 is 2.57 bits per heavy atom. The Balaban J connectivity index is 0.00000280. The molecule has 0 spiro atoms. The minimum Gasteiger partial charge on any atom is -0.352 e. The van der Waals surface area contributed by atoms with Gasteiger partial charge in [-0.1, -0.05) is 18.2 Å². The molecule has 2 aromatic rings. The quantitative estimate of drug-likeness (QED) is 0.616. The van der Waals surface area contributed by atoms with Crippen LogP contribution in [-0.4, -0.2) is 18.4 Å². The second-order valence-electron chi connectivity index (χ2n) is 6.47. The molecule has 0 aliphatic carbocycles. The summed E-state index contributed by atoms with van der Waals surface area (Å²) in [5, 5.41) is 8.66. The van der Waals surface area contributed by atoms with Gasteiger partial charge in [0.2, 0.25) is 5.91 Å². The predicted octanol–water partition coefficient (Wildman–Crippen LogP) is 2.82. The molecule has 1 aliphatic heterocycles. The van der Waals surface area contributed by atoms with E-state index in [0.717, 1.165) is 30.8 Å². The molecular formula is C20H22ClF2N3O2. The average molecular weight is 410 g/mol. The van der Waals surface area contributed by atoms with E-state index >= 15 is 0 Å². The Bertz CT molecular complexity index is 861. The third kappa shape index (κ3) is 5.74. The van der Waals surface area contributed by atoms with Crippen molar-refractivity contribution in [2.75, 3.05) is 6.54 Å². The highest BCUT2D eigenvalue weighted by molar-refractivity contribution is 5.94. The van der Waals surface area contributed by atoms with Crippen LogP contribution in [0.5, 0.6) is 0 Å². The van der Waals surface area contributed by atoms with E-state index in [-0.39, 0.29) is 36.8 Å². The van der Waals surface area contributed by atoms with E-state index in [4.69, 9.17) is 0 Å². The van der Waals surface area contributed by atoms with Gasteiger partial charge in [0.1, 0.15) is 11.6 Å². The highest BCUT2D eigenvalue weighted by Gasteiger charge is 2.12. The van der Waals surface area contributed by atoms with Gasteiger partial charge in [0.05, 0.1) is 5.56 Å². The maximum absolute atomic E-state index is 13.5. The van der Waals surface area contributed by atoms with Crippen molar-refractivity contribution < 1.29 is 18.4 Å². The first kappa shape index (κ1) is 21.8. The van der Waals surface area contributed by atoms with Crippen LogP contribution in [0.1, 0.15) is 39.9 Å². The first-order chi connectivity index (χ1) is 13.0. The molecule has 2 amide bonds. The molecule has 2 aromatic carbocycles. The molecule has 0 fully saturated rings. The van der Waals surface area contributed by atoms with Gasteiger partial charge in [0.25, 0.3) is 5.91 Å². The summed E-state index contributed by atoms with van der Waals surface area (Å²) in [6, 6.07) is 8.95.